The number of nitrogens with zero attached hydrogens (tertiary/aromatic N) is 4. The van der Waals surface area contributed by atoms with Crippen molar-refractivity contribution in [3.8, 4) is 11.4 Å². The molecular weight excluding hydrogens is 268 g/mol. The van der Waals surface area contributed by atoms with E-state index in [1.165, 1.54) is 16.9 Å². The van der Waals surface area contributed by atoms with Crippen LogP contribution in [0.4, 0.5) is 0 Å². The molecule has 0 spiro atoms. The van der Waals surface area contributed by atoms with Crippen molar-refractivity contribution in [2.24, 2.45) is 0 Å². The van der Waals surface area contributed by atoms with Gasteiger partial charge in [-0.25, -0.2) is 0 Å². The maximum atomic E-state index is 10.7. The lowest BCUT2D eigenvalue weighted by atomic mass is 10.1. The summed E-state index contributed by atoms with van der Waals surface area (Å²) in [6, 6.07) is 16.0. The second-order valence-corrected chi connectivity index (χ2v) is 4.49. The highest BCUT2D eigenvalue weighted by Crippen LogP contribution is 2.14. The monoisotopic (exact) mass is 279 g/mol. The summed E-state index contributed by atoms with van der Waals surface area (Å²) >= 11 is 0. The number of carboxylic acid groups (broad SMARTS) is 1. The van der Waals surface area contributed by atoms with Gasteiger partial charge in [-0.05, 0) is 16.3 Å². The zero-order valence-corrected chi connectivity index (χ0v) is 11.0. The molecule has 0 aliphatic rings. The van der Waals surface area contributed by atoms with Crippen molar-refractivity contribution >= 4 is 5.97 Å². The van der Waals surface area contributed by atoms with Crippen LogP contribution in [0.5, 0.6) is 0 Å². The average molecular weight is 279 g/mol. The van der Waals surface area contributed by atoms with Crippen molar-refractivity contribution in [3.63, 3.8) is 0 Å². The predicted molar refractivity (Wildman–Crippen MR) is 73.1 cm³/mol. The highest BCUT2D eigenvalue weighted by Gasteiger charge is 2.06. The first-order valence-electron chi connectivity index (χ1n) is 6.36. The number of aromatic nitrogens is 4. The number of tetrazole rings is 1. The van der Waals surface area contributed by atoms with Crippen molar-refractivity contribution in [1.29, 1.82) is 0 Å². The number of carbonyl (C=O) groups excluding carboxylic acids is 1. The molecule has 0 fully saturated rings. The fourth-order valence-corrected chi connectivity index (χ4v) is 1.93. The van der Waals surface area contributed by atoms with Crippen molar-refractivity contribution in [1.82, 2.24) is 20.2 Å². The van der Waals surface area contributed by atoms with Gasteiger partial charge in [0.15, 0.2) is 0 Å². The lowest BCUT2D eigenvalue weighted by Gasteiger charge is -2.01. The lowest BCUT2D eigenvalue weighted by Crippen LogP contribution is -2.21. The Morgan fingerprint density at radius 1 is 1.05 bits per heavy atom. The molecule has 0 saturated carbocycles. The van der Waals surface area contributed by atoms with Crippen LogP contribution in [0.1, 0.15) is 15.9 Å². The van der Waals surface area contributed by atoms with Crippen LogP contribution in [-0.4, -0.2) is 26.2 Å². The Hall–Kier alpha value is -3.02. The molecule has 0 aliphatic heterocycles. The summed E-state index contributed by atoms with van der Waals surface area (Å²) in [6.45, 7) is 0.533. The quantitative estimate of drug-likeness (QED) is 0.703. The molecular formula is C15H11N4O2-. The third-order valence-electron chi connectivity index (χ3n) is 3.00. The van der Waals surface area contributed by atoms with E-state index in [1.807, 2.05) is 30.3 Å². The summed E-state index contributed by atoms with van der Waals surface area (Å²) in [5.41, 5.74) is 1.91. The highest BCUT2D eigenvalue weighted by molar-refractivity contribution is 5.86. The van der Waals surface area contributed by atoms with E-state index in [0.717, 1.165) is 5.56 Å². The number of carboxylic acids is 1. The van der Waals surface area contributed by atoms with E-state index in [-0.39, 0.29) is 5.56 Å². The van der Waals surface area contributed by atoms with Crippen LogP contribution in [0.2, 0.25) is 0 Å². The first-order valence-corrected chi connectivity index (χ1v) is 6.36. The van der Waals surface area contributed by atoms with Gasteiger partial charge in [0.2, 0.25) is 5.82 Å². The summed E-state index contributed by atoms with van der Waals surface area (Å²) in [5.74, 6) is -0.752. The van der Waals surface area contributed by atoms with Crippen molar-refractivity contribution < 1.29 is 9.90 Å². The molecule has 3 aromatic rings. The maximum Gasteiger partial charge on any atom is 0.204 e. The molecule has 0 saturated heterocycles. The molecule has 6 nitrogen and oxygen atoms in total. The summed E-state index contributed by atoms with van der Waals surface area (Å²) in [5, 5.41) is 22.9. The average Bonchev–Trinajstić information content (AvgIpc) is 2.97. The molecule has 3 rings (SSSR count). The minimum Gasteiger partial charge on any atom is -0.545 e. The van der Waals surface area contributed by atoms with Gasteiger partial charge < -0.3 is 9.90 Å². The Kier molecular flexibility index (Phi) is 3.42. The van der Waals surface area contributed by atoms with E-state index in [4.69, 9.17) is 0 Å². The minimum atomic E-state index is -1.21. The van der Waals surface area contributed by atoms with Crippen LogP contribution < -0.4 is 5.11 Å². The van der Waals surface area contributed by atoms with Crippen molar-refractivity contribution in [2.75, 3.05) is 0 Å². The van der Waals surface area contributed by atoms with Gasteiger partial charge in [-0.15, -0.1) is 10.2 Å². The van der Waals surface area contributed by atoms with E-state index < -0.39 is 5.97 Å². The molecule has 2 aromatic carbocycles. The number of rotatable bonds is 4. The van der Waals surface area contributed by atoms with Gasteiger partial charge in [-0.1, -0.05) is 54.6 Å². The van der Waals surface area contributed by atoms with Crippen LogP contribution >= 0.6 is 0 Å². The Bertz CT molecular complexity index is 751. The molecule has 6 heteroatoms. The van der Waals surface area contributed by atoms with E-state index >= 15 is 0 Å². The van der Waals surface area contributed by atoms with Gasteiger partial charge in [-0.3, -0.25) is 0 Å². The van der Waals surface area contributed by atoms with Crippen LogP contribution in [0, 0.1) is 0 Å². The molecule has 0 aliphatic carbocycles. The Balaban J connectivity index is 1.80. The normalized spacial score (nSPS) is 10.5. The van der Waals surface area contributed by atoms with Crippen LogP contribution in [0.25, 0.3) is 11.4 Å². The first-order chi connectivity index (χ1) is 10.2. The van der Waals surface area contributed by atoms with Crippen LogP contribution in [0.15, 0.2) is 54.6 Å². The number of aromatic carboxylic acids is 1. The van der Waals surface area contributed by atoms with Gasteiger partial charge in [0.05, 0.1) is 12.5 Å². The molecule has 1 heterocycles. The molecule has 21 heavy (non-hydrogen) atoms. The van der Waals surface area contributed by atoms with E-state index in [0.29, 0.717) is 17.9 Å². The van der Waals surface area contributed by atoms with Crippen molar-refractivity contribution in [3.05, 3.63) is 65.7 Å². The fourth-order valence-electron chi connectivity index (χ4n) is 1.93. The second-order valence-electron chi connectivity index (χ2n) is 4.49. The molecule has 0 radical (unpaired) electrons. The maximum absolute atomic E-state index is 10.7. The largest absolute Gasteiger partial charge is 0.545 e. The van der Waals surface area contributed by atoms with Gasteiger partial charge in [-0.2, -0.15) is 4.80 Å². The SMILES string of the molecule is O=C([O-])c1ccc(-c2nnn(Cc3ccccc3)n2)cc1. The van der Waals surface area contributed by atoms with Gasteiger partial charge in [0, 0.05) is 5.56 Å². The minimum absolute atomic E-state index is 0.121. The highest BCUT2D eigenvalue weighted by atomic mass is 16.4. The van der Waals surface area contributed by atoms with E-state index in [1.54, 1.807) is 12.1 Å². The molecule has 104 valence electrons. The molecule has 0 N–H and O–H groups in total. The predicted octanol–water partition coefficient (Wildman–Crippen LogP) is 0.752. The Morgan fingerprint density at radius 2 is 1.76 bits per heavy atom. The molecule has 0 unspecified atom stereocenters. The Labute approximate surface area is 120 Å². The third-order valence-corrected chi connectivity index (χ3v) is 3.00. The van der Waals surface area contributed by atoms with E-state index in [9.17, 15) is 9.90 Å². The number of carbonyl (C=O) groups is 1. The number of hydrogen-bond donors (Lipinski definition) is 0. The zero-order chi connectivity index (χ0) is 14.7. The van der Waals surface area contributed by atoms with Crippen LogP contribution in [-0.2, 0) is 6.54 Å². The second kappa shape index (κ2) is 5.54. The summed E-state index contributed by atoms with van der Waals surface area (Å²) in [6.07, 6.45) is 0. The zero-order valence-electron chi connectivity index (χ0n) is 11.0. The first kappa shape index (κ1) is 13.0. The number of benzene rings is 2. The summed E-state index contributed by atoms with van der Waals surface area (Å²) < 4.78 is 0. The van der Waals surface area contributed by atoms with Gasteiger partial charge in [0.25, 0.3) is 0 Å². The molecule has 0 atom stereocenters. The van der Waals surface area contributed by atoms with Gasteiger partial charge in [0.1, 0.15) is 0 Å². The molecule has 1 aromatic heterocycles. The Morgan fingerprint density at radius 3 is 2.43 bits per heavy atom. The smallest absolute Gasteiger partial charge is 0.204 e. The van der Waals surface area contributed by atoms with Gasteiger partial charge >= 0.3 is 0 Å². The molecule has 0 bridgehead atoms. The standard InChI is InChI=1S/C15H12N4O2/c20-15(21)13-8-6-12(7-9-13)14-16-18-19(17-14)10-11-4-2-1-3-5-11/h1-9H,10H2,(H,20,21)/p-1. The molecule has 0 amide bonds. The summed E-state index contributed by atoms with van der Waals surface area (Å²) in [4.78, 5) is 12.2. The topological polar surface area (TPSA) is 83.7 Å². The fraction of sp³-hybridized carbons (Fsp3) is 0.0667. The van der Waals surface area contributed by atoms with Crippen molar-refractivity contribution in [2.45, 2.75) is 6.54 Å². The van der Waals surface area contributed by atoms with E-state index in [2.05, 4.69) is 15.4 Å². The number of hydrogen-bond acceptors (Lipinski definition) is 5. The third kappa shape index (κ3) is 2.94. The summed E-state index contributed by atoms with van der Waals surface area (Å²) in [7, 11) is 0. The van der Waals surface area contributed by atoms with Crippen LogP contribution in [0.3, 0.4) is 0 Å². The lowest BCUT2D eigenvalue weighted by molar-refractivity contribution is -0.255.